The van der Waals surface area contributed by atoms with Crippen LogP contribution in [0.3, 0.4) is 0 Å². The molecule has 106 valence electrons. The van der Waals surface area contributed by atoms with Crippen LogP contribution in [-0.2, 0) is 0 Å². The molecule has 0 aliphatic heterocycles. The van der Waals surface area contributed by atoms with Crippen molar-refractivity contribution in [2.75, 3.05) is 7.11 Å². The standard InChI is InChI=1S/C15H12N2O4/c1-9-3-14(13(8-17-9)15(18)19)21-12-5-10(7-16)4-11(6-12)20-2/h3-6,8H,1-2H3,(H,18,19). The van der Waals surface area contributed by atoms with Gasteiger partial charge in [-0.25, -0.2) is 4.79 Å². The number of carboxylic acids is 1. The fourth-order valence-electron chi connectivity index (χ4n) is 1.72. The number of aromatic carboxylic acids is 1. The number of aromatic nitrogens is 1. The largest absolute Gasteiger partial charge is 0.497 e. The summed E-state index contributed by atoms with van der Waals surface area (Å²) in [5, 5.41) is 18.1. The minimum absolute atomic E-state index is 0.0538. The first-order chi connectivity index (χ1) is 10.0. The number of hydrogen-bond donors (Lipinski definition) is 1. The van der Waals surface area contributed by atoms with Gasteiger partial charge in [-0.05, 0) is 19.1 Å². The van der Waals surface area contributed by atoms with Crippen molar-refractivity contribution in [2.24, 2.45) is 0 Å². The topological polar surface area (TPSA) is 92.4 Å². The zero-order chi connectivity index (χ0) is 15.4. The van der Waals surface area contributed by atoms with Gasteiger partial charge in [0.2, 0.25) is 0 Å². The smallest absolute Gasteiger partial charge is 0.341 e. The molecule has 1 aromatic carbocycles. The molecule has 21 heavy (non-hydrogen) atoms. The van der Waals surface area contributed by atoms with Crippen molar-refractivity contribution in [3.05, 3.63) is 47.3 Å². The molecule has 0 amide bonds. The van der Waals surface area contributed by atoms with Gasteiger partial charge in [0, 0.05) is 24.0 Å². The Morgan fingerprint density at radius 2 is 2.00 bits per heavy atom. The lowest BCUT2D eigenvalue weighted by molar-refractivity contribution is 0.0693. The van der Waals surface area contributed by atoms with Gasteiger partial charge >= 0.3 is 5.97 Å². The van der Waals surface area contributed by atoms with E-state index < -0.39 is 5.97 Å². The zero-order valence-corrected chi connectivity index (χ0v) is 11.5. The first-order valence-corrected chi connectivity index (χ1v) is 6.00. The number of nitrogens with zero attached hydrogens (tertiary/aromatic N) is 2. The van der Waals surface area contributed by atoms with Crippen LogP contribution in [0.2, 0.25) is 0 Å². The Hall–Kier alpha value is -3.07. The van der Waals surface area contributed by atoms with Crippen molar-refractivity contribution < 1.29 is 19.4 Å². The van der Waals surface area contributed by atoms with E-state index in [4.69, 9.17) is 19.8 Å². The lowest BCUT2D eigenvalue weighted by atomic mass is 10.2. The summed E-state index contributed by atoms with van der Waals surface area (Å²) in [6.07, 6.45) is 1.23. The lowest BCUT2D eigenvalue weighted by Gasteiger charge is -2.10. The van der Waals surface area contributed by atoms with Crippen LogP contribution in [0.25, 0.3) is 0 Å². The maximum Gasteiger partial charge on any atom is 0.341 e. The van der Waals surface area contributed by atoms with E-state index >= 15 is 0 Å². The summed E-state index contributed by atoms with van der Waals surface area (Å²) >= 11 is 0. The van der Waals surface area contributed by atoms with E-state index in [1.807, 2.05) is 6.07 Å². The van der Waals surface area contributed by atoms with Gasteiger partial charge in [-0.2, -0.15) is 5.26 Å². The minimum Gasteiger partial charge on any atom is -0.497 e. The number of ether oxygens (including phenoxy) is 2. The van der Waals surface area contributed by atoms with E-state index in [0.29, 0.717) is 22.8 Å². The fraction of sp³-hybridized carbons (Fsp3) is 0.133. The predicted octanol–water partition coefficient (Wildman–Crippen LogP) is 2.76. The average molecular weight is 284 g/mol. The second-order valence-electron chi connectivity index (χ2n) is 4.24. The Labute approximate surface area is 121 Å². The number of benzene rings is 1. The van der Waals surface area contributed by atoms with Crippen molar-refractivity contribution in [1.29, 1.82) is 5.26 Å². The van der Waals surface area contributed by atoms with Crippen LogP contribution in [0.15, 0.2) is 30.5 Å². The maximum atomic E-state index is 11.2. The zero-order valence-electron chi connectivity index (χ0n) is 11.5. The number of hydrogen-bond acceptors (Lipinski definition) is 5. The summed E-state index contributed by atoms with van der Waals surface area (Å²) in [6.45, 7) is 1.73. The molecule has 0 radical (unpaired) electrons. The Morgan fingerprint density at radius 3 is 2.62 bits per heavy atom. The third-order valence-corrected chi connectivity index (χ3v) is 2.71. The molecule has 0 aliphatic carbocycles. The molecule has 1 N–H and O–H groups in total. The van der Waals surface area contributed by atoms with Gasteiger partial charge in [0.05, 0.1) is 18.7 Å². The molecule has 0 atom stereocenters. The molecule has 2 rings (SSSR count). The normalized spacial score (nSPS) is 9.76. The molecule has 0 spiro atoms. The van der Waals surface area contributed by atoms with Crippen LogP contribution in [-0.4, -0.2) is 23.2 Å². The van der Waals surface area contributed by atoms with Gasteiger partial charge in [-0.15, -0.1) is 0 Å². The van der Waals surface area contributed by atoms with Gasteiger partial charge in [0.25, 0.3) is 0 Å². The fourth-order valence-corrected chi connectivity index (χ4v) is 1.72. The van der Waals surface area contributed by atoms with Crippen molar-refractivity contribution in [1.82, 2.24) is 4.98 Å². The first kappa shape index (κ1) is 14.3. The molecular formula is C15H12N2O4. The Balaban J connectivity index is 2.45. The molecule has 6 heteroatoms. The van der Waals surface area contributed by atoms with Crippen LogP contribution < -0.4 is 9.47 Å². The van der Waals surface area contributed by atoms with Crippen LogP contribution in [0.1, 0.15) is 21.6 Å². The van der Waals surface area contributed by atoms with E-state index in [1.54, 1.807) is 19.1 Å². The molecular weight excluding hydrogens is 272 g/mol. The molecule has 6 nitrogen and oxygen atoms in total. The van der Waals surface area contributed by atoms with Crippen molar-refractivity contribution in [3.8, 4) is 23.3 Å². The van der Waals surface area contributed by atoms with Gasteiger partial charge in [0.1, 0.15) is 22.8 Å². The summed E-state index contributed by atoms with van der Waals surface area (Å²) in [4.78, 5) is 15.1. The average Bonchev–Trinajstić information content (AvgIpc) is 2.46. The number of carbonyl (C=O) groups is 1. The van der Waals surface area contributed by atoms with Crippen LogP contribution in [0, 0.1) is 18.3 Å². The monoisotopic (exact) mass is 284 g/mol. The van der Waals surface area contributed by atoms with Crippen molar-refractivity contribution >= 4 is 5.97 Å². The SMILES string of the molecule is COc1cc(C#N)cc(Oc2cc(C)ncc2C(=O)O)c1. The van der Waals surface area contributed by atoms with Crippen molar-refractivity contribution in [2.45, 2.75) is 6.92 Å². The highest BCUT2D eigenvalue weighted by molar-refractivity contribution is 5.90. The number of aryl methyl sites for hydroxylation is 1. The molecule has 0 saturated heterocycles. The van der Waals surface area contributed by atoms with E-state index in [1.165, 1.54) is 25.4 Å². The summed E-state index contributed by atoms with van der Waals surface area (Å²) in [7, 11) is 1.47. The van der Waals surface area contributed by atoms with E-state index in [9.17, 15) is 4.79 Å². The van der Waals surface area contributed by atoms with Crippen LogP contribution in [0.5, 0.6) is 17.2 Å². The molecule has 0 bridgehead atoms. The third kappa shape index (κ3) is 3.28. The van der Waals surface area contributed by atoms with Crippen LogP contribution in [0.4, 0.5) is 0 Å². The maximum absolute atomic E-state index is 11.2. The Bertz CT molecular complexity index is 735. The summed E-state index contributed by atoms with van der Waals surface area (Å²) in [5.74, 6) is -0.209. The third-order valence-electron chi connectivity index (χ3n) is 2.71. The molecule has 0 aliphatic rings. The summed E-state index contributed by atoms with van der Waals surface area (Å²) in [5.41, 5.74) is 0.923. The highest BCUT2D eigenvalue weighted by atomic mass is 16.5. The number of pyridine rings is 1. The minimum atomic E-state index is -1.14. The van der Waals surface area contributed by atoms with Gasteiger partial charge in [-0.1, -0.05) is 0 Å². The molecule has 0 saturated carbocycles. The second kappa shape index (κ2) is 5.92. The van der Waals surface area contributed by atoms with E-state index in [2.05, 4.69) is 4.98 Å². The summed E-state index contributed by atoms with van der Waals surface area (Å²) in [6, 6.07) is 8.14. The number of nitriles is 1. The van der Waals surface area contributed by atoms with E-state index in [0.717, 1.165) is 0 Å². The first-order valence-electron chi connectivity index (χ1n) is 6.00. The number of rotatable bonds is 4. The van der Waals surface area contributed by atoms with Gasteiger partial charge in [0.15, 0.2) is 0 Å². The lowest BCUT2D eigenvalue weighted by Crippen LogP contribution is -2.02. The second-order valence-corrected chi connectivity index (χ2v) is 4.24. The molecule has 0 fully saturated rings. The molecule has 1 heterocycles. The molecule has 2 aromatic rings. The number of methoxy groups -OCH3 is 1. The quantitative estimate of drug-likeness (QED) is 0.928. The van der Waals surface area contributed by atoms with Crippen molar-refractivity contribution in [3.63, 3.8) is 0 Å². The number of carboxylic acid groups (broad SMARTS) is 1. The summed E-state index contributed by atoms with van der Waals surface area (Å²) < 4.78 is 10.7. The molecule has 1 aromatic heterocycles. The Kier molecular flexibility index (Phi) is 4.05. The van der Waals surface area contributed by atoms with E-state index in [-0.39, 0.29) is 11.3 Å². The van der Waals surface area contributed by atoms with Gasteiger partial charge in [-0.3, -0.25) is 4.98 Å². The Morgan fingerprint density at radius 1 is 1.29 bits per heavy atom. The van der Waals surface area contributed by atoms with Crippen LogP contribution >= 0.6 is 0 Å². The molecule has 0 unspecified atom stereocenters. The highest BCUT2D eigenvalue weighted by Gasteiger charge is 2.14. The highest BCUT2D eigenvalue weighted by Crippen LogP contribution is 2.29. The predicted molar refractivity (Wildman–Crippen MR) is 73.7 cm³/mol. The van der Waals surface area contributed by atoms with Gasteiger partial charge < -0.3 is 14.6 Å².